The van der Waals surface area contributed by atoms with Crippen molar-refractivity contribution in [3.63, 3.8) is 0 Å². The minimum atomic E-state index is -4.52. The van der Waals surface area contributed by atoms with Crippen molar-refractivity contribution in [2.24, 2.45) is 5.92 Å². The molecule has 1 N–H and O–H groups in total. The molecular weight excluding hydrogens is 519 g/mol. The highest BCUT2D eigenvalue weighted by molar-refractivity contribution is 7.91. The summed E-state index contributed by atoms with van der Waals surface area (Å²) < 4.78 is 65.2. The Hall–Kier alpha value is -2.47. The second-order valence-corrected chi connectivity index (χ2v) is 13.1. The van der Waals surface area contributed by atoms with Gasteiger partial charge in [0.1, 0.15) is 28.0 Å². The van der Waals surface area contributed by atoms with Gasteiger partial charge in [0.15, 0.2) is 0 Å². The van der Waals surface area contributed by atoms with E-state index in [2.05, 4.69) is 41.1 Å². The molecule has 1 aliphatic carbocycles. The Labute approximate surface area is 221 Å². The quantitative estimate of drug-likeness (QED) is 0.527. The second kappa shape index (κ2) is 11.0. The number of anilines is 1. The molecule has 0 radical (unpaired) electrons. The molecule has 1 aromatic heterocycles. The Bertz CT molecular complexity index is 1270. The average Bonchev–Trinajstić information content (AvgIpc) is 3.22. The number of aromatic nitrogens is 2. The van der Waals surface area contributed by atoms with Crippen molar-refractivity contribution >= 4 is 32.5 Å². The van der Waals surface area contributed by atoms with Gasteiger partial charge in [-0.1, -0.05) is 6.92 Å². The van der Waals surface area contributed by atoms with E-state index in [-0.39, 0.29) is 46.6 Å². The lowest BCUT2D eigenvalue weighted by Crippen LogP contribution is -2.52. The van der Waals surface area contributed by atoms with Gasteiger partial charge in [-0.25, -0.2) is 18.4 Å². The van der Waals surface area contributed by atoms with Crippen molar-refractivity contribution in [2.75, 3.05) is 30.4 Å². The summed E-state index contributed by atoms with van der Waals surface area (Å²) >= 11 is 0. The summed E-state index contributed by atoms with van der Waals surface area (Å²) in [5.41, 5.74) is -0.472. The Morgan fingerprint density at radius 2 is 1.92 bits per heavy atom. The van der Waals surface area contributed by atoms with Crippen LogP contribution in [0, 0.1) is 5.92 Å². The van der Waals surface area contributed by atoms with Crippen molar-refractivity contribution in [3.8, 4) is 0 Å². The third kappa shape index (κ3) is 6.06. The molecule has 1 saturated heterocycles. The Balaban J connectivity index is 1.55. The number of alkyl halides is 3. The molecule has 12 heteroatoms. The van der Waals surface area contributed by atoms with Gasteiger partial charge in [-0.15, -0.1) is 0 Å². The maximum Gasteiger partial charge on any atom is 0.416 e. The molecule has 210 valence electrons. The Morgan fingerprint density at radius 3 is 2.58 bits per heavy atom. The van der Waals surface area contributed by atoms with E-state index in [9.17, 15) is 26.4 Å². The van der Waals surface area contributed by atoms with Crippen molar-refractivity contribution < 1.29 is 26.4 Å². The van der Waals surface area contributed by atoms with Crippen LogP contribution in [0.2, 0.25) is 0 Å². The lowest BCUT2D eigenvalue weighted by molar-refractivity contribution is -0.137. The average molecular weight is 556 g/mol. The summed E-state index contributed by atoms with van der Waals surface area (Å²) in [6.45, 7) is 6.31. The Kier molecular flexibility index (Phi) is 8.23. The summed E-state index contributed by atoms with van der Waals surface area (Å²) in [7, 11) is -1.20. The van der Waals surface area contributed by atoms with E-state index in [0.29, 0.717) is 37.4 Å². The van der Waals surface area contributed by atoms with Crippen LogP contribution in [0.5, 0.6) is 0 Å². The minimum Gasteiger partial charge on any atom is -0.358 e. The molecular formula is C26H36F3N5O3S. The van der Waals surface area contributed by atoms with Gasteiger partial charge >= 0.3 is 6.18 Å². The van der Waals surface area contributed by atoms with E-state index >= 15 is 0 Å². The lowest BCUT2D eigenvalue weighted by Gasteiger charge is -2.44. The predicted octanol–water partition coefficient (Wildman–Crippen LogP) is 3.97. The summed E-state index contributed by atoms with van der Waals surface area (Å²) in [6, 6.07) is 2.95. The van der Waals surface area contributed by atoms with E-state index in [1.165, 1.54) is 12.4 Å². The first-order valence-corrected chi connectivity index (χ1v) is 14.9. The van der Waals surface area contributed by atoms with Gasteiger partial charge < -0.3 is 15.1 Å². The molecule has 2 aromatic rings. The van der Waals surface area contributed by atoms with E-state index in [0.717, 1.165) is 18.6 Å². The number of rotatable bonds is 8. The monoisotopic (exact) mass is 555 g/mol. The van der Waals surface area contributed by atoms with Gasteiger partial charge in [0.25, 0.3) is 0 Å². The number of amides is 1. The van der Waals surface area contributed by atoms with Crippen LogP contribution in [0.4, 0.5) is 19.0 Å². The van der Waals surface area contributed by atoms with Crippen LogP contribution in [0.3, 0.4) is 0 Å². The molecule has 1 aliphatic heterocycles. The third-order valence-electron chi connectivity index (χ3n) is 8.13. The van der Waals surface area contributed by atoms with Gasteiger partial charge in [0.2, 0.25) is 5.91 Å². The molecule has 0 unspecified atom stereocenters. The molecule has 38 heavy (non-hydrogen) atoms. The molecule has 2 aliphatic rings. The number of carbonyl (C=O) groups is 1. The van der Waals surface area contributed by atoms with E-state index in [1.807, 2.05) is 0 Å². The third-order valence-corrected chi connectivity index (χ3v) is 9.94. The minimum absolute atomic E-state index is 0.0369. The van der Waals surface area contributed by atoms with Crippen LogP contribution < -0.4 is 5.32 Å². The molecule has 2 heterocycles. The number of carbonyl (C=O) groups excluding carboxylic acids is 1. The fourth-order valence-corrected chi connectivity index (χ4v) is 6.97. The highest BCUT2D eigenvalue weighted by Gasteiger charge is 2.43. The fourth-order valence-electron chi connectivity index (χ4n) is 5.73. The zero-order chi connectivity index (χ0) is 27.8. The van der Waals surface area contributed by atoms with Crippen molar-refractivity contribution in [1.29, 1.82) is 0 Å². The molecule has 4 rings (SSSR count). The number of fused-ring (bicyclic) bond motifs is 1. The number of halogens is 3. The number of nitrogens with zero attached hydrogens (tertiary/aromatic N) is 4. The van der Waals surface area contributed by atoms with Crippen molar-refractivity contribution in [3.05, 3.63) is 30.1 Å². The molecule has 4 atom stereocenters. The Morgan fingerprint density at radius 1 is 1.18 bits per heavy atom. The van der Waals surface area contributed by atoms with Crippen molar-refractivity contribution in [1.82, 2.24) is 19.8 Å². The molecule has 0 bridgehead atoms. The summed E-state index contributed by atoms with van der Waals surface area (Å²) in [6.07, 6.45) is -0.555. The predicted molar refractivity (Wildman–Crippen MR) is 140 cm³/mol. The highest BCUT2D eigenvalue weighted by Crippen LogP contribution is 2.36. The SMILES string of the molecule is CCS(=O)(=O)C[C@@H]1C[C@H](N(C)C(C)C)CC[C@@H]1N1CC[C@H](Nc2ncnc3ccc(C(F)(F)F)cc23)C1=O. The first kappa shape index (κ1) is 28.5. The zero-order valence-corrected chi connectivity index (χ0v) is 23.0. The molecule has 1 aromatic carbocycles. The number of hydrogen-bond donors (Lipinski definition) is 1. The molecule has 8 nitrogen and oxygen atoms in total. The first-order chi connectivity index (χ1) is 17.8. The van der Waals surface area contributed by atoms with Crippen molar-refractivity contribution in [2.45, 2.75) is 76.8 Å². The maximum atomic E-state index is 13.6. The maximum absolute atomic E-state index is 13.6. The van der Waals surface area contributed by atoms with Crippen LogP contribution in [0.25, 0.3) is 10.9 Å². The van der Waals surface area contributed by atoms with Crippen LogP contribution in [-0.2, 0) is 20.8 Å². The molecule has 1 amide bonds. The normalized spacial score (nSPS) is 25.1. The van der Waals surface area contributed by atoms with Gasteiger partial charge in [-0.2, -0.15) is 13.2 Å². The number of likely N-dealkylation sites (tertiary alicyclic amines) is 1. The summed E-state index contributed by atoms with van der Waals surface area (Å²) in [5.74, 6) is -0.0941. The van der Waals surface area contributed by atoms with Gasteiger partial charge in [-0.05, 0) is 70.7 Å². The van der Waals surface area contributed by atoms with Crippen LogP contribution in [0.1, 0.15) is 52.0 Å². The van der Waals surface area contributed by atoms with E-state index in [4.69, 9.17) is 0 Å². The highest BCUT2D eigenvalue weighted by atomic mass is 32.2. The number of sulfone groups is 1. The topological polar surface area (TPSA) is 95.5 Å². The summed E-state index contributed by atoms with van der Waals surface area (Å²) in [5, 5.41) is 3.25. The molecule has 0 spiro atoms. The molecule has 1 saturated carbocycles. The molecule has 2 fully saturated rings. The summed E-state index contributed by atoms with van der Waals surface area (Å²) in [4.78, 5) is 25.8. The van der Waals surface area contributed by atoms with Gasteiger partial charge in [0, 0.05) is 35.8 Å². The van der Waals surface area contributed by atoms with Gasteiger partial charge in [0.05, 0.1) is 16.8 Å². The van der Waals surface area contributed by atoms with Crippen LogP contribution in [-0.4, -0.2) is 83.4 Å². The fraction of sp³-hybridized carbons (Fsp3) is 0.654. The van der Waals surface area contributed by atoms with E-state index in [1.54, 1.807) is 11.8 Å². The largest absolute Gasteiger partial charge is 0.416 e. The van der Waals surface area contributed by atoms with Crippen LogP contribution in [0.15, 0.2) is 24.5 Å². The second-order valence-electron chi connectivity index (χ2n) is 10.7. The smallest absolute Gasteiger partial charge is 0.358 e. The lowest BCUT2D eigenvalue weighted by atomic mass is 9.81. The van der Waals surface area contributed by atoms with E-state index < -0.39 is 27.6 Å². The first-order valence-electron chi connectivity index (χ1n) is 13.1. The number of benzene rings is 1. The van der Waals surface area contributed by atoms with Gasteiger partial charge in [-0.3, -0.25) is 4.79 Å². The zero-order valence-electron chi connectivity index (χ0n) is 22.2. The standard InChI is InChI=1S/C26H36F3N5O3S/c1-5-38(36,37)14-17-12-19(33(4)16(2)3)7-9-23(17)34-11-10-22(25(34)35)32-24-20-13-18(26(27,28)29)6-8-21(20)30-15-31-24/h6,8,13,15-17,19,22-23H,5,7,9-12,14H2,1-4H3,(H,30,31,32)/t17-,19+,22-,23-/m0/s1. The number of hydrogen-bond acceptors (Lipinski definition) is 7. The number of nitrogens with one attached hydrogen (secondary N) is 1. The van der Waals surface area contributed by atoms with Crippen LogP contribution >= 0.6 is 0 Å².